The molecule has 112 valence electrons. The molecule has 0 N–H and O–H groups in total. The van der Waals surface area contributed by atoms with Crippen LogP contribution in [-0.2, 0) is 22.1 Å². The van der Waals surface area contributed by atoms with Gasteiger partial charge in [0, 0.05) is 9.77 Å². The van der Waals surface area contributed by atoms with Crippen LogP contribution in [0.1, 0.15) is 30.2 Å². The summed E-state index contributed by atoms with van der Waals surface area (Å²) in [6, 6.07) is 0. The summed E-state index contributed by atoms with van der Waals surface area (Å²) < 4.78 is 68.7. The molecule has 9 heteroatoms. The molecule has 0 aliphatic carbocycles. The molecule has 1 aromatic rings. The molecule has 0 fully saturated rings. The molecule has 0 saturated heterocycles. The van der Waals surface area contributed by atoms with E-state index in [1.807, 2.05) is 0 Å². The Hall–Kier alpha value is -1.00. The van der Waals surface area contributed by atoms with Crippen LogP contribution in [0.4, 0.5) is 22.0 Å². The van der Waals surface area contributed by atoms with E-state index < -0.39 is 41.8 Å². The van der Waals surface area contributed by atoms with Crippen LogP contribution >= 0.6 is 22.6 Å². The van der Waals surface area contributed by atoms with Crippen LogP contribution < -0.4 is 0 Å². The van der Waals surface area contributed by atoms with Crippen molar-refractivity contribution in [3.8, 4) is 0 Å². The van der Waals surface area contributed by atoms with Crippen LogP contribution in [-0.4, -0.2) is 17.6 Å². The Labute approximate surface area is 124 Å². The number of nitrogens with zero attached hydrogens (tertiary/aromatic N) is 1. The van der Waals surface area contributed by atoms with Crippen molar-refractivity contribution >= 4 is 28.6 Å². The lowest BCUT2D eigenvalue weighted by atomic mass is 10.0. The highest BCUT2D eigenvalue weighted by Crippen LogP contribution is 2.39. The van der Waals surface area contributed by atoms with Crippen LogP contribution in [0.25, 0.3) is 0 Å². The molecule has 1 rings (SSSR count). The predicted octanol–water partition coefficient (Wildman–Crippen LogP) is 3.75. The molecular weight excluding hydrogens is 400 g/mol. The molecular formula is C11H9F5INO2. The van der Waals surface area contributed by atoms with E-state index in [2.05, 4.69) is 9.72 Å². The third-order valence-electron chi connectivity index (χ3n) is 2.28. The third-order valence-corrected chi connectivity index (χ3v) is 3.21. The Morgan fingerprint density at radius 3 is 2.50 bits per heavy atom. The van der Waals surface area contributed by atoms with Gasteiger partial charge in [0.25, 0.3) is 6.43 Å². The summed E-state index contributed by atoms with van der Waals surface area (Å²) in [5.41, 5.74) is -3.48. The number of carbonyl (C=O) groups is 1. The number of aromatic nitrogens is 1. The lowest BCUT2D eigenvalue weighted by molar-refractivity contribution is -0.144. The molecule has 0 aliphatic heterocycles. The minimum atomic E-state index is -5.03. The van der Waals surface area contributed by atoms with Gasteiger partial charge in [-0.25, -0.2) is 8.78 Å². The second-order valence-electron chi connectivity index (χ2n) is 3.63. The van der Waals surface area contributed by atoms with Crippen LogP contribution in [0.15, 0.2) is 6.20 Å². The van der Waals surface area contributed by atoms with Gasteiger partial charge in [0.05, 0.1) is 18.6 Å². The Morgan fingerprint density at radius 1 is 1.45 bits per heavy atom. The molecule has 3 nitrogen and oxygen atoms in total. The summed E-state index contributed by atoms with van der Waals surface area (Å²) in [7, 11) is 0. The second kappa shape index (κ2) is 6.64. The third kappa shape index (κ3) is 4.00. The molecule has 0 aliphatic rings. The van der Waals surface area contributed by atoms with E-state index in [4.69, 9.17) is 0 Å². The number of alkyl halides is 5. The van der Waals surface area contributed by atoms with Crippen molar-refractivity contribution in [3.63, 3.8) is 0 Å². The molecule has 0 unspecified atom stereocenters. The fraction of sp³-hybridized carbons (Fsp3) is 0.455. The molecule has 0 aromatic carbocycles. The standard InChI is InChI=1S/C11H9F5INO2/c1-2-20-7(19)3-5-6(17)4-18-9(10(12)13)8(5)11(14,15)16/h4,10H,2-3H2,1H3. The second-order valence-corrected chi connectivity index (χ2v) is 4.79. The first-order valence-electron chi connectivity index (χ1n) is 5.36. The average Bonchev–Trinajstić information content (AvgIpc) is 2.29. The van der Waals surface area contributed by atoms with Gasteiger partial charge in [0.15, 0.2) is 0 Å². The molecule has 0 spiro atoms. The molecule has 0 saturated carbocycles. The van der Waals surface area contributed by atoms with Gasteiger partial charge in [-0.15, -0.1) is 0 Å². The first kappa shape index (κ1) is 17.1. The fourth-order valence-corrected chi connectivity index (χ4v) is 2.15. The highest BCUT2D eigenvalue weighted by molar-refractivity contribution is 14.1. The van der Waals surface area contributed by atoms with Gasteiger partial charge in [-0.1, -0.05) is 0 Å². The van der Waals surface area contributed by atoms with Gasteiger partial charge in [0.2, 0.25) is 0 Å². The van der Waals surface area contributed by atoms with Gasteiger partial charge < -0.3 is 4.74 Å². The van der Waals surface area contributed by atoms with Crippen molar-refractivity contribution in [2.24, 2.45) is 0 Å². The molecule has 1 heterocycles. The quantitative estimate of drug-likeness (QED) is 0.432. The minimum Gasteiger partial charge on any atom is -0.466 e. The van der Waals surface area contributed by atoms with E-state index in [0.29, 0.717) is 0 Å². The zero-order valence-electron chi connectivity index (χ0n) is 10.1. The first-order chi connectivity index (χ1) is 9.18. The Bertz CT molecular complexity index is 504. The Kier molecular flexibility index (Phi) is 5.66. The first-order valence-corrected chi connectivity index (χ1v) is 6.44. The summed E-state index contributed by atoms with van der Waals surface area (Å²) in [5.74, 6) is -0.915. The lowest BCUT2D eigenvalue weighted by Gasteiger charge is -2.17. The largest absolute Gasteiger partial charge is 0.466 e. The van der Waals surface area contributed by atoms with Crippen LogP contribution in [0.5, 0.6) is 0 Å². The maximum atomic E-state index is 13.0. The maximum absolute atomic E-state index is 13.0. The van der Waals surface area contributed by atoms with Gasteiger partial charge in [-0.3, -0.25) is 9.78 Å². The monoisotopic (exact) mass is 409 g/mol. The zero-order chi connectivity index (χ0) is 15.5. The Balaban J connectivity index is 3.40. The summed E-state index contributed by atoms with van der Waals surface area (Å²) in [6.07, 6.45) is -8.26. The lowest BCUT2D eigenvalue weighted by Crippen LogP contribution is -2.19. The predicted molar refractivity (Wildman–Crippen MR) is 67.2 cm³/mol. The highest BCUT2D eigenvalue weighted by Gasteiger charge is 2.40. The van der Waals surface area contributed by atoms with Crippen molar-refractivity contribution < 1.29 is 31.5 Å². The van der Waals surface area contributed by atoms with Crippen molar-refractivity contribution in [1.82, 2.24) is 4.98 Å². The number of pyridine rings is 1. The summed E-state index contributed by atoms with van der Waals surface area (Å²) in [4.78, 5) is 14.5. The SMILES string of the molecule is CCOC(=O)Cc1c(I)cnc(C(F)F)c1C(F)(F)F. The average molecular weight is 409 g/mol. The molecule has 0 atom stereocenters. The highest BCUT2D eigenvalue weighted by atomic mass is 127. The van der Waals surface area contributed by atoms with Gasteiger partial charge in [-0.2, -0.15) is 13.2 Å². The number of hydrogen-bond donors (Lipinski definition) is 0. The smallest absolute Gasteiger partial charge is 0.418 e. The van der Waals surface area contributed by atoms with E-state index in [1.54, 1.807) is 0 Å². The van der Waals surface area contributed by atoms with E-state index in [0.717, 1.165) is 6.20 Å². The molecule has 1 aromatic heterocycles. The van der Waals surface area contributed by atoms with Crippen LogP contribution in [0.2, 0.25) is 0 Å². The van der Waals surface area contributed by atoms with E-state index in [1.165, 1.54) is 29.5 Å². The van der Waals surface area contributed by atoms with Crippen molar-refractivity contribution in [1.29, 1.82) is 0 Å². The van der Waals surface area contributed by atoms with Crippen molar-refractivity contribution in [2.45, 2.75) is 25.9 Å². The number of ether oxygens (including phenoxy) is 1. The summed E-state index contributed by atoms with van der Waals surface area (Å²) >= 11 is 1.51. The molecule has 0 radical (unpaired) electrons. The molecule has 0 bridgehead atoms. The normalized spacial score (nSPS) is 11.8. The van der Waals surface area contributed by atoms with Gasteiger partial charge in [-0.05, 0) is 35.1 Å². The topological polar surface area (TPSA) is 39.2 Å². The van der Waals surface area contributed by atoms with Gasteiger partial charge in [0.1, 0.15) is 5.69 Å². The van der Waals surface area contributed by atoms with Crippen molar-refractivity contribution in [3.05, 3.63) is 26.6 Å². The van der Waals surface area contributed by atoms with Crippen LogP contribution in [0, 0.1) is 3.57 Å². The minimum absolute atomic E-state index is 0.0104. The van der Waals surface area contributed by atoms with E-state index in [-0.39, 0.29) is 10.2 Å². The number of rotatable bonds is 4. The number of esters is 1. The zero-order valence-corrected chi connectivity index (χ0v) is 12.3. The number of hydrogen-bond acceptors (Lipinski definition) is 3. The van der Waals surface area contributed by atoms with E-state index >= 15 is 0 Å². The molecule has 20 heavy (non-hydrogen) atoms. The fourth-order valence-electron chi connectivity index (χ4n) is 1.55. The number of carbonyl (C=O) groups excluding carboxylic acids is 1. The van der Waals surface area contributed by atoms with Crippen molar-refractivity contribution in [2.75, 3.05) is 6.61 Å². The summed E-state index contributed by atoms with van der Waals surface area (Å²) in [6.45, 7) is 1.48. The van der Waals surface area contributed by atoms with E-state index in [9.17, 15) is 26.7 Å². The summed E-state index contributed by atoms with van der Waals surface area (Å²) in [5, 5.41) is 0. The Morgan fingerprint density at radius 2 is 2.05 bits per heavy atom. The van der Waals surface area contributed by atoms with Crippen LogP contribution in [0.3, 0.4) is 0 Å². The number of halogens is 6. The van der Waals surface area contributed by atoms with Gasteiger partial charge >= 0.3 is 12.1 Å². The molecule has 0 amide bonds. The maximum Gasteiger partial charge on any atom is 0.418 e.